The smallest absolute Gasteiger partial charge is 0.224 e. The zero-order valence-electron chi connectivity index (χ0n) is 14.1. The van der Waals surface area contributed by atoms with Crippen LogP contribution in [0.15, 0.2) is 30.3 Å². The lowest BCUT2D eigenvalue weighted by Crippen LogP contribution is -2.43. The zero-order valence-corrected chi connectivity index (χ0v) is 14.1. The maximum absolute atomic E-state index is 12.0. The van der Waals surface area contributed by atoms with E-state index < -0.39 is 0 Å². The van der Waals surface area contributed by atoms with Crippen molar-refractivity contribution < 1.29 is 9.59 Å². The van der Waals surface area contributed by atoms with E-state index in [0.29, 0.717) is 25.6 Å². The van der Waals surface area contributed by atoms with Gasteiger partial charge in [-0.1, -0.05) is 56.0 Å². The summed E-state index contributed by atoms with van der Waals surface area (Å²) >= 11 is 0. The SMILES string of the molecule is CC(=O)N(CCNC(=O)Cc1ccccc1)C1CCCCCC1. The van der Waals surface area contributed by atoms with Crippen LogP contribution in [-0.4, -0.2) is 35.8 Å². The van der Waals surface area contributed by atoms with E-state index in [0.717, 1.165) is 18.4 Å². The highest BCUT2D eigenvalue weighted by molar-refractivity contribution is 5.78. The molecule has 1 aromatic carbocycles. The molecule has 1 saturated carbocycles. The summed E-state index contributed by atoms with van der Waals surface area (Å²) in [5.41, 5.74) is 1.01. The molecule has 1 N–H and O–H groups in total. The Labute approximate surface area is 139 Å². The molecule has 1 aliphatic rings. The number of hydrogen-bond donors (Lipinski definition) is 1. The fraction of sp³-hybridized carbons (Fsp3) is 0.579. The summed E-state index contributed by atoms with van der Waals surface area (Å²) in [7, 11) is 0. The Bertz CT molecular complexity index is 493. The number of nitrogens with zero attached hydrogens (tertiary/aromatic N) is 1. The first-order chi connectivity index (χ1) is 11.2. The van der Waals surface area contributed by atoms with Crippen LogP contribution in [-0.2, 0) is 16.0 Å². The predicted molar refractivity (Wildman–Crippen MR) is 92.0 cm³/mol. The Morgan fingerprint density at radius 3 is 2.35 bits per heavy atom. The van der Waals surface area contributed by atoms with Crippen LogP contribution in [0.25, 0.3) is 0 Å². The summed E-state index contributed by atoms with van der Waals surface area (Å²) in [4.78, 5) is 25.9. The van der Waals surface area contributed by atoms with Crippen LogP contribution in [0.1, 0.15) is 51.0 Å². The Morgan fingerprint density at radius 1 is 1.09 bits per heavy atom. The maximum Gasteiger partial charge on any atom is 0.224 e. The fourth-order valence-corrected chi connectivity index (χ4v) is 3.33. The standard InChI is InChI=1S/C19H28N2O2/c1-16(22)21(18-11-7-2-3-8-12-18)14-13-20-19(23)15-17-9-5-4-6-10-17/h4-6,9-10,18H,2-3,7-8,11-15H2,1H3,(H,20,23). The molecule has 23 heavy (non-hydrogen) atoms. The summed E-state index contributed by atoms with van der Waals surface area (Å²) < 4.78 is 0. The molecule has 4 heteroatoms. The lowest BCUT2D eigenvalue weighted by Gasteiger charge is -2.30. The molecule has 1 aromatic rings. The van der Waals surface area contributed by atoms with E-state index in [1.165, 1.54) is 25.7 Å². The van der Waals surface area contributed by atoms with Gasteiger partial charge in [0, 0.05) is 26.1 Å². The third-order valence-electron chi connectivity index (χ3n) is 4.55. The van der Waals surface area contributed by atoms with Gasteiger partial charge in [0.15, 0.2) is 0 Å². The van der Waals surface area contributed by atoms with Gasteiger partial charge >= 0.3 is 0 Å². The number of benzene rings is 1. The molecule has 1 aliphatic carbocycles. The quantitative estimate of drug-likeness (QED) is 0.820. The first-order valence-electron chi connectivity index (χ1n) is 8.74. The van der Waals surface area contributed by atoms with Crippen molar-refractivity contribution in [3.8, 4) is 0 Å². The van der Waals surface area contributed by atoms with E-state index in [1.807, 2.05) is 35.2 Å². The van der Waals surface area contributed by atoms with Crippen molar-refractivity contribution in [2.75, 3.05) is 13.1 Å². The van der Waals surface area contributed by atoms with Gasteiger partial charge in [0.1, 0.15) is 0 Å². The lowest BCUT2D eigenvalue weighted by atomic mass is 10.1. The Hall–Kier alpha value is -1.84. The summed E-state index contributed by atoms with van der Waals surface area (Å²) in [6, 6.07) is 10.1. The van der Waals surface area contributed by atoms with Gasteiger partial charge in [0.2, 0.25) is 11.8 Å². The summed E-state index contributed by atoms with van der Waals surface area (Å²) in [6.07, 6.45) is 7.54. The molecule has 2 rings (SSSR count). The number of rotatable bonds is 6. The Balaban J connectivity index is 1.77. The lowest BCUT2D eigenvalue weighted by molar-refractivity contribution is -0.132. The van der Waals surface area contributed by atoms with Gasteiger partial charge < -0.3 is 10.2 Å². The topological polar surface area (TPSA) is 49.4 Å². The highest BCUT2D eigenvalue weighted by Crippen LogP contribution is 2.21. The van der Waals surface area contributed by atoms with E-state index in [-0.39, 0.29) is 11.8 Å². The molecule has 0 unspecified atom stereocenters. The second kappa shape index (κ2) is 9.33. The van der Waals surface area contributed by atoms with Crippen molar-refractivity contribution in [1.29, 1.82) is 0 Å². The van der Waals surface area contributed by atoms with Crippen LogP contribution in [0.2, 0.25) is 0 Å². The molecule has 126 valence electrons. The van der Waals surface area contributed by atoms with Gasteiger partial charge in [0.25, 0.3) is 0 Å². The van der Waals surface area contributed by atoms with Gasteiger partial charge in [-0.2, -0.15) is 0 Å². The number of amides is 2. The molecule has 0 heterocycles. The van der Waals surface area contributed by atoms with Crippen LogP contribution >= 0.6 is 0 Å². The third-order valence-corrected chi connectivity index (χ3v) is 4.55. The van der Waals surface area contributed by atoms with Crippen molar-refractivity contribution in [2.45, 2.75) is 57.9 Å². The van der Waals surface area contributed by atoms with Crippen LogP contribution in [0.4, 0.5) is 0 Å². The highest BCUT2D eigenvalue weighted by Gasteiger charge is 2.21. The average Bonchev–Trinajstić information content (AvgIpc) is 2.81. The van der Waals surface area contributed by atoms with E-state index >= 15 is 0 Å². The molecule has 0 spiro atoms. The maximum atomic E-state index is 12.0. The molecule has 1 fully saturated rings. The molecule has 0 saturated heterocycles. The Morgan fingerprint density at radius 2 is 1.74 bits per heavy atom. The minimum absolute atomic E-state index is 0.0144. The molecule has 0 radical (unpaired) electrons. The molecule has 0 aliphatic heterocycles. The first kappa shape index (κ1) is 17.5. The van der Waals surface area contributed by atoms with Crippen LogP contribution in [0.3, 0.4) is 0 Å². The van der Waals surface area contributed by atoms with Gasteiger partial charge in [-0.05, 0) is 18.4 Å². The second-order valence-corrected chi connectivity index (χ2v) is 6.37. The summed E-state index contributed by atoms with van der Waals surface area (Å²) in [5.74, 6) is 0.134. The fourth-order valence-electron chi connectivity index (χ4n) is 3.33. The highest BCUT2D eigenvalue weighted by atomic mass is 16.2. The minimum atomic E-state index is 0.0144. The van der Waals surface area contributed by atoms with Gasteiger partial charge in [-0.15, -0.1) is 0 Å². The second-order valence-electron chi connectivity index (χ2n) is 6.37. The normalized spacial score (nSPS) is 15.7. The van der Waals surface area contributed by atoms with Crippen molar-refractivity contribution in [3.63, 3.8) is 0 Å². The number of carbonyl (C=O) groups is 2. The average molecular weight is 316 g/mol. The van der Waals surface area contributed by atoms with E-state index in [2.05, 4.69) is 5.32 Å². The molecule has 2 amide bonds. The van der Waals surface area contributed by atoms with Gasteiger partial charge in [-0.3, -0.25) is 9.59 Å². The Kier molecular flexibility index (Phi) is 7.11. The molecule has 0 bridgehead atoms. The van der Waals surface area contributed by atoms with E-state index in [9.17, 15) is 9.59 Å². The minimum Gasteiger partial charge on any atom is -0.354 e. The van der Waals surface area contributed by atoms with Crippen LogP contribution < -0.4 is 5.32 Å². The van der Waals surface area contributed by atoms with Crippen molar-refractivity contribution in [2.24, 2.45) is 0 Å². The molecule has 4 nitrogen and oxygen atoms in total. The van der Waals surface area contributed by atoms with Crippen LogP contribution in [0.5, 0.6) is 0 Å². The summed E-state index contributed by atoms with van der Waals surface area (Å²) in [6.45, 7) is 2.78. The summed E-state index contributed by atoms with van der Waals surface area (Å²) in [5, 5.41) is 2.94. The monoisotopic (exact) mass is 316 g/mol. The van der Waals surface area contributed by atoms with E-state index in [1.54, 1.807) is 6.92 Å². The van der Waals surface area contributed by atoms with Gasteiger partial charge in [-0.25, -0.2) is 0 Å². The first-order valence-corrected chi connectivity index (χ1v) is 8.74. The van der Waals surface area contributed by atoms with Crippen LogP contribution in [0, 0.1) is 0 Å². The van der Waals surface area contributed by atoms with Crippen molar-refractivity contribution in [1.82, 2.24) is 10.2 Å². The van der Waals surface area contributed by atoms with Gasteiger partial charge in [0.05, 0.1) is 6.42 Å². The number of hydrogen-bond acceptors (Lipinski definition) is 2. The molecule has 0 atom stereocenters. The van der Waals surface area contributed by atoms with Crippen molar-refractivity contribution in [3.05, 3.63) is 35.9 Å². The number of nitrogens with one attached hydrogen (secondary N) is 1. The predicted octanol–water partition coefficient (Wildman–Crippen LogP) is 2.92. The van der Waals surface area contributed by atoms with Crippen molar-refractivity contribution >= 4 is 11.8 Å². The third kappa shape index (κ3) is 6.05. The number of carbonyl (C=O) groups excluding carboxylic acids is 2. The largest absolute Gasteiger partial charge is 0.354 e. The molecular weight excluding hydrogens is 288 g/mol. The van der Waals surface area contributed by atoms with E-state index in [4.69, 9.17) is 0 Å². The zero-order chi connectivity index (χ0) is 16.5. The molecular formula is C19H28N2O2. The molecule has 0 aromatic heterocycles.